The van der Waals surface area contributed by atoms with Gasteiger partial charge in [0.25, 0.3) is 5.82 Å². The number of carboxylic acids is 1. The smallest absolute Gasteiger partial charge is 0.374 e. The average Bonchev–Trinajstić information content (AvgIpc) is 2.12. The Bertz CT molecular complexity index is 183. The van der Waals surface area contributed by atoms with Crippen LogP contribution in [0.3, 0.4) is 0 Å². The number of rotatable bonds is 1. The molecule has 0 spiro atoms. The number of aromatic carboxylic acids is 1. The molecule has 1 aromatic heterocycles. The van der Waals surface area contributed by atoms with Gasteiger partial charge in [-0.2, -0.15) is 4.37 Å². The number of carbonyl (C=O) groups is 1. The van der Waals surface area contributed by atoms with E-state index in [1.165, 1.54) is 5.51 Å². The second-order valence-electron chi connectivity index (χ2n) is 1.06. The van der Waals surface area contributed by atoms with Crippen molar-refractivity contribution >= 4 is 17.5 Å². The molecule has 0 saturated carbocycles. The third-order valence-electron chi connectivity index (χ3n) is 0.553. The fourth-order valence-corrected chi connectivity index (χ4v) is 0.684. The quantitative estimate of drug-likeness (QED) is 0.591. The maximum Gasteiger partial charge on any atom is 0.374 e. The number of hydrogen-bond donors (Lipinski definition) is 1. The van der Waals surface area contributed by atoms with Gasteiger partial charge in [-0.05, 0) is 11.5 Å². The summed E-state index contributed by atoms with van der Waals surface area (Å²) in [4.78, 5) is 13.4. The van der Waals surface area contributed by atoms with Crippen LogP contribution in [-0.4, -0.2) is 20.4 Å². The van der Waals surface area contributed by atoms with Gasteiger partial charge in [0, 0.05) is 0 Å². The van der Waals surface area contributed by atoms with Crippen LogP contribution >= 0.6 is 11.5 Å². The minimum absolute atomic E-state index is 0.130. The number of nitrogens with zero attached hydrogens (tertiary/aromatic N) is 2. The molecular weight excluding hydrogens is 128 g/mol. The van der Waals surface area contributed by atoms with Gasteiger partial charge in [0.2, 0.25) is 0 Å². The molecule has 0 saturated heterocycles. The van der Waals surface area contributed by atoms with E-state index in [2.05, 4.69) is 9.36 Å². The van der Waals surface area contributed by atoms with Crippen LogP contribution < -0.4 is 0 Å². The molecule has 0 amide bonds. The van der Waals surface area contributed by atoms with Gasteiger partial charge in [-0.15, -0.1) is 0 Å². The molecular formula is C3H2N2O2S. The van der Waals surface area contributed by atoms with E-state index in [-0.39, 0.29) is 5.82 Å². The first kappa shape index (κ1) is 5.17. The van der Waals surface area contributed by atoms with Crippen molar-refractivity contribution in [1.82, 2.24) is 9.36 Å². The molecule has 1 aromatic rings. The SMILES string of the molecule is O=C(O)c1ncsn1. The van der Waals surface area contributed by atoms with Gasteiger partial charge in [-0.3, -0.25) is 0 Å². The minimum Gasteiger partial charge on any atom is -0.475 e. The Labute approximate surface area is 49.0 Å². The Morgan fingerprint density at radius 3 is 2.88 bits per heavy atom. The predicted octanol–water partition coefficient (Wildman–Crippen LogP) is 0.236. The lowest BCUT2D eigenvalue weighted by molar-refractivity contribution is 0.0685. The summed E-state index contributed by atoms with van der Waals surface area (Å²) in [5.41, 5.74) is 1.38. The summed E-state index contributed by atoms with van der Waals surface area (Å²) in [5.74, 6) is -1.21. The number of hydrogen-bond acceptors (Lipinski definition) is 4. The molecule has 0 radical (unpaired) electrons. The molecule has 1 rings (SSSR count). The first-order chi connectivity index (χ1) is 3.80. The fourth-order valence-electron chi connectivity index (χ4n) is 0.265. The van der Waals surface area contributed by atoms with E-state index in [4.69, 9.17) is 5.11 Å². The standard InChI is InChI=1S/C3H2N2O2S/c6-3(7)2-4-1-8-5-2/h1H,(H,6,7). The normalized spacial score (nSPS) is 9.00. The predicted molar refractivity (Wildman–Crippen MR) is 26.9 cm³/mol. The number of aromatic nitrogens is 2. The maximum absolute atomic E-state index is 9.94. The highest BCUT2D eigenvalue weighted by atomic mass is 32.1. The van der Waals surface area contributed by atoms with Gasteiger partial charge in [0.05, 0.1) is 0 Å². The highest BCUT2D eigenvalue weighted by molar-refractivity contribution is 7.03. The summed E-state index contributed by atoms with van der Waals surface area (Å²) < 4.78 is 3.45. The lowest BCUT2D eigenvalue weighted by atomic mass is 10.7. The van der Waals surface area contributed by atoms with E-state index in [0.29, 0.717) is 0 Å². The third kappa shape index (κ3) is 0.812. The molecule has 0 aliphatic carbocycles. The fraction of sp³-hybridized carbons (Fsp3) is 0. The van der Waals surface area contributed by atoms with Crippen LogP contribution in [0.5, 0.6) is 0 Å². The molecule has 1 N–H and O–H groups in total. The summed E-state index contributed by atoms with van der Waals surface area (Å²) in [5, 5.41) is 8.16. The van der Waals surface area contributed by atoms with Crippen LogP contribution in [0.15, 0.2) is 5.51 Å². The minimum atomic E-state index is -1.08. The van der Waals surface area contributed by atoms with Gasteiger partial charge in [0.1, 0.15) is 5.51 Å². The molecule has 5 heteroatoms. The van der Waals surface area contributed by atoms with Crippen LogP contribution in [0.25, 0.3) is 0 Å². The summed E-state index contributed by atoms with van der Waals surface area (Å²) in [6.45, 7) is 0. The van der Waals surface area contributed by atoms with Crippen molar-refractivity contribution in [1.29, 1.82) is 0 Å². The lowest BCUT2D eigenvalue weighted by Crippen LogP contribution is -1.97. The van der Waals surface area contributed by atoms with E-state index in [1.54, 1.807) is 0 Å². The maximum atomic E-state index is 9.94. The molecule has 42 valence electrons. The largest absolute Gasteiger partial charge is 0.475 e. The molecule has 0 aliphatic rings. The van der Waals surface area contributed by atoms with Gasteiger partial charge in [0.15, 0.2) is 0 Å². The summed E-state index contributed by atoms with van der Waals surface area (Å²) in [7, 11) is 0. The molecule has 1 heterocycles. The first-order valence-corrected chi connectivity index (χ1v) is 2.64. The van der Waals surface area contributed by atoms with Crippen molar-refractivity contribution in [2.24, 2.45) is 0 Å². The van der Waals surface area contributed by atoms with E-state index >= 15 is 0 Å². The van der Waals surface area contributed by atoms with Crippen molar-refractivity contribution in [3.63, 3.8) is 0 Å². The Morgan fingerprint density at radius 2 is 2.62 bits per heavy atom. The Hall–Kier alpha value is -0.970. The zero-order chi connectivity index (χ0) is 5.98. The Morgan fingerprint density at radius 1 is 1.88 bits per heavy atom. The van der Waals surface area contributed by atoms with E-state index in [9.17, 15) is 4.79 Å². The van der Waals surface area contributed by atoms with Crippen molar-refractivity contribution < 1.29 is 9.90 Å². The van der Waals surface area contributed by atoms with E-state index < -0.39 is 5.97 Å². The molecule has 0 aliphatic heterocycles. The van der Waals surface area contributed by atoms with Crippen LogP contribution in [0.4, 0.5) is 0 Å². The van der Waals surface area contributed by atoms with Crippen molar-refractivity contribution in [3.05, 3.63) is 11.3 Å². The average molecular weight is 130 g/mol. The third-order valence-corrected chi connectivity index (χ3v) is 1.03. The monoisotopic (exact) mass is 130 g/mol. The summed E-state index contributed by atoms with van der Waals surface area (Å²) in [6.07, 6.45) is 0. The molecule has 8 heavy (non-hydrogen) atoms. The molecule has 4 nitrogen and oxygen atoms in total. The lowest BCUT2D eigenvalue weighted by Gasteiger charge is -1.75. The molecule has 0 unspecified atom stereocenters. The van der Waals surface area contributed by atoms with Crippen LogP contribution in [0.2, 0.25) is 0 Å². The van der Waals surface area contributed by atoms with Crippen molar-refractivity contribution in [2.75, 3.05) is 0 Å². The zero-order valence-electron chi connectivity index (χ0n) is 3.74. The van der Waals surface area contributed by atoms with Crippen LogP contribution in [0.1, 0.15) is 10.6 Å². The first-order valence-electron chi connectivity index (χ1n) is 1.80. The van der Waals surface area contributed by atoms with Gasteiger partial charge in [-0.25, -0.2) is 9.78 Å². The van der Waals surface area contributed by atoms with Gasteiger partial charge < -0.3 is 5.11 Å². The number of carboxylic acid groups (broad SMARTS) is 1. The van der Waals surface area contributed by atoms with Crippen LogP contribution in [0, 0.1) is 0 Å². The Kier molecular flexibility index (Phi) is 1.21. The van der Waals surface area contributed by atoms with Crippen molar-refractivity contribution in [2.45, 2.75) is 0 Å². The van der Waals surface area contributed by atoms with Gasteiger partial charge >= 0.3 is 5.97 Å². The van der Waals surface area contributed by atoms with Gasteiger partial charge in [-0.1, -0.05) is 0 Å². The summed E-state index contributed by atoms with van der Waals surface area (Å²) >= 11 is 1.03. The van der Waals surface area contributed by atoms with Crippen molar-refractivity contribution in [3.8, 4) is 0 Å². The molecule has 0 bridgehead atoms. The second-order valence-corrected chi connectivity index (χ2v) is 1.66. The van der Waals surface area contributed by atoms with Crippen LogP contribution in [-0.2, 0) is 0 Å². The highest BCUT2D eigenvalue weighted by Crippen LogP contribution is 1.91. The Balaban J connectivity index is 2.93. The van der Waals surface area contributed by atoms with E-state index in [1.807, 2.05) is 0 Å². The zero-order valence-corrected chi connectivity index (χ0v) is 4.55. The highest BCUT2D eigenvalue weighted by Gasteiger charge is 2.03. The molecule has 0 fully saturated rings. The summed E-state index contributed by atoms with van der Waals surface area (Å²) in [6, 6.07) is 0. The van der Waals surface area contributed by atoms with E-state index in [0.717, 1.165) is 11.5 Å². The molecule has 0 aromatic carbocycles. The molecule has 0 atom stereocenters. The second kappa shape index (κ2) is 1.87. The topological polar surface area (TPSA) is 63.1 Å².